The van der Waals surface area contributed by atoms with Gasteiger partial charge >= 0.3 is 0 Å². The third kappa shape index (κ3) is 5.48. The number of thiophene rings is 1. The molecule has 1 heterocycles. The van der Waals surface area contributed by atoms with E-state index in [4.69, 9.17) is 28.9 Å². The standard InChI is InChI=1S/C12H16Cl2N2O2S/c1-7(2)4-16(6-11(15)18)5-9(17)8-3-10(13)19-12(8)14/h3,7H,4-6H2,1-2H3,(H2,15,18). The molecule has 0 aliphatic heterocycles. The molecule has 0 aliphatic carbocycles. The van der Waals surface area contributed by atoms with Gasteiger partial charge in [0.25, 0.3) is 0 Å². The van der Waals surface area contributed by atoms with Gasteiger partial charge in [-0.15, -0.1) is 11.3 Å². The predicted octanol–water partition coefficient (Wildman–Crippen LogP) is 2.68. The smallest absolute Gasteiger partial charge is 0.231 e. The largest absolute Gasteiger partial charge is 0.369 e. The lowest BCUT2D eigenvalue weighted by Gasteiger charge is -2.21. The van der Waals surface area contributed by atoms with Gasteiger partial charge in [-0.25, -0.2) is 0 Å². The van der Waals surface area contributed by atoms with Gasteiger partial charge in [0, 0.05) is 6.54 Å². The summed E-state index contributed by atoms with van der Waals surface area (Å²) < 4.78 is 0.845. The number of hydrogen-bond acceptors (Lipinski definition) is 4. The zero-order chi connectivity index (χ0) is 14.6. The van der Waals surface area contributed by atoms with E-state index in [1.54, 1.807) is 11.0 Å². The number of ketones is 1. The fraction of sp³-hybridized carbons (Fsp3) is 0.500. The van der Waals surface area contributed by atoms with E-state index in [2.05, 4.69) is 0 Å². The molecule has 7 heteroatoms. The van der Waals surface area contributed by atoms with Crippen LogP contribution in [0.15, 0.2) is 6.07 Å². The first-order chi connectivity index (χ1) is 8.79. The average Bonchev–Trinajstić information content (AvgIpc) is 2.55. The van der Waals surface area contributed by atoms with Crippen molar-refractivity contribution < 1.29 is 9.59 Å². The molecule has 0 saturated heterocycles. The Hall–Kier alpha value is -0.620. The van der Waals surface area contributed by atoms with Crippen molar-refractivity contribution in [2.45, 2.75) is 13.8 Å². The van der Waals surface area contributed by atoms with Crippen molar-refractivity contribution in [2.75, 3.05) is 19.6 Å². The highest BCUT2D eigenvalue weighted by atomic mass is 35.5. The number of rotatable bonds is 7. The van der Waals surface area contributed by atoms with Gasteiger partial charge in [-0.1, -0.05) is 37.0 Å². The Morgan fingerprint density at radius 3 is 2.42 bits per heavy atom. The van der Waals surface area contributed by atoms with Crippen LogP contribution in [0.5, 0.6) is 0 Å². The van der Waals surface area contributed by atoms with E-state index < -0.39 is 5.91 Å². The third-order valence-electron chi connectivity index (χ3n) is 2.33. The van der Waals surface area contributed by atoms with Gasteiger partial charge < -0.3 is 5.73 Å². The number of amides is 1. The topological polar surface area (TPSA) is 63.4 Å². The molecule has 1 amide bonds. The van der Waals surface area contributed by atoms with Crippen LogP contribution in [0, 0.1) is 5.92 Å². The Morgan fingerprint density at radius 2 is 2.00 bits per heavy atom. The van der Waals surface area contributed by atoms with Gasteiger partial charge in [0.05, 0.1) is 23.0 Å². The second-order valence-corrected chi connectivity index (χ2v) is 6.98. The molecule has 0 unspecified atom stereocenters. The first kappa shape index (κ1) is 16.4. The summed E-state index contributed by atoms with van der Waals surface area (Å²) in [5, 5.41) is 0. The lowest BCUT2D eigenvalue weighted by molar-refractivity contribution is -0.119. The van der Waals surface area contributed by atoms with Crippen LogP contribution in [-0.2, 0) is 4.79 Å². The van der Waals surface area contributed by atoms with E-state index in [1.807, 2.05) is 13.8 Å². The highest BCUT2D eigenvalue weighted by molar-refractivity contribution is 7.20. The molecule has 106 valence electrons. The maximum atomic E-state index is 12.1. The zero-order valence-corrected chi connectivity index (χ0v) is 13.1. The molecule has 0 spiro atoms. The summed E-state index contributed by atoms with van der Waals surface area (Å²) in [6, 6.07) is 1.55. The SMILES string of the molecule is CC(C)CN(CC(N)=O)CC(=O)c1cc(Cl)sc1Cl. The molecule has 0 atom stereocenters. The van der Waals surface area contributed by atoms with Crippen LogP contribution in [-0.4, -0.2) is 36.2 Å². The van der Waals surface area contributed by atoms with Crippen molar-refractivity contribution in [3.8, 4) is 0 Å². The first-order valence-electron chi connectivity index (χ1n) is 5.78. The molecular weight excluding hydrogens is 307 g/mol. The Labute approximate surface area is 126 Å². The van der Waals surface area contributed by atoms with Gasteiger partial charge in [-0.3, -0.25) is 14.5 Å². The molecule has 0 fully saturated rings. The van der Waals surface area contributed by atoms with E-state index in [-0.39, 0.29) is 18.9 Å². The molecule has 0 bridgehead atoms. The summed E-state index contributed by atoms with van der Waals surface area (Å²) in [5.41, 5.74) is 5.58. The number of carbonyl (C=O) groups is 2. The Balaban J connectivity index is 2.75. The van der Waals surface area contributed by atoms with E-state index in [1.165, 1.54) is 0 Å². The van der Waals surface area contributed by atoms with Crippen molar-refractivity contribution in [3.63, 3.8) is 0 Å². The number of nitrogens with zero attached hydrogens (tertiary/aromatic N) is 1. The maximum Gasteiger partial charge on any atom is 0.231 e. The van der Waals surface area contributed by atoms with Gasteiger partial charge in [0.2, 0.25) is 5.91 Å². The molecule has 0 aromatic carbocycles. The van der Waals surface area contributed by atoms with Crippen molar-refractivity contribution in [3.05, 3.63) is 20.3 Å². The second-order valence-electron chi connectivity index (χ2n) is 4.69. The van der Waals surface area contributed by atoms with Crippen LogP contribution in [0.2, 0.25) is 8.67 Å². The van der Waals surface area contributed by atoms with Crippen LogP contribution >= 0.6 is 34.5 Å². The lowest BCUT2D eigenvalue weighted by atomic mass is 10.1. The monoisotopic (exact) mass is 322 g/mol. The minimum absolute atomic E-state index is 0.0550. The fourth-order valence-corrected chi connectivity index (χ4v) is 3.24. The summed E-state index contributed by atoms with van der Waals surface area (Å²) in [7, 11) is 0. The Morgan fingerprint density at radius 1 is 1.37 bits per heavy atom. The molecule has 19 heavy (non-hydrogen) atoms. The molecule has 4 nitrogen and oxygen atoms in total. The predicted molar refractivity (Wildman–Crippen MR) is 79.1 cm³/mol. The minimum Gasteiger partial charge on any atom is -0.369 e. The normalized spacial score (nSPS) is 11.3. The molecule has 2 N–H and O–H groups in total. The average molecular weight is 323 g/mol. The van der Waals surface area contributed by atoms with E-state index in [0.717, 1.165) is 11.3 Å². The number of halogens is 2. The lowest BCUT2D eigenvalue weighted by Crippen LogP contribution is -2.39. The van der Waals surface area contributed by atoms with Gasteiger partial charge in [-0.05, 0) is 12.0 Å². The molecule has 1 rings (SSSR count). The van der Waals surface area contributed by atoms with Crippen LogP contribution in [0.1, 0.15) is 24.2 Å². The first-order valence-corrected chi connectivity index (χ1v) is 7.35. The Kier molecular flexibility index (Phi) is 6.26. The number of nitrogens with two attached hydrogens (primary N) is 1. The van der Waals surface area contributed by atoms with Crippen LogP contribution in [0.3, 0.4) is 0 Å². The van der Waals surface area contributed by atoms with Crippen LogP contribution in [0.25, 0.3) is 0 Å². The third-order valence-corrected chi connectivity index (χ3v) is 3.81. The summed E-state index contributed by atoms with van der Waals surface area (Å²) in [5.74, 6) is -0.286. The van der Waals surface area contributed by atoms with Crippen molar-refractivity contribution in [1.82, 2.24) is 4.90 Å². The summed E-state index contributed by atoms with van der Waals surface area (Å²) in [6.07, 6.45) is 0. The van der Waals surface area contributed by atoms with Gasteiger partial charge in [-0.2, -0.15) is 0 Å². The van der Waals surface area contributed by atoms with E-state index in [9.17, 15) is 9.59 Å². The van der Waals surface area contributed by atoms with E-state index in [0.29, 0.717) is 26.7 Å². The molecule has 0 aliphatic rings. The fourth-order valence-electron chi connectivity index (χ4n) is 1.74. The molecule has 1 aromatic rings. The van der Waals surface area contributed by atoms with Crippen LogP contribution < -0.4 is 5.73 Å². The van der Waals surface area contributed by atoms with Crippen molar-refractivity contribution >= 4 is 46.2 Å². The number of Topliss-reactive ketones (excluding diaryl/α,β-unsaturated/α-hetero) is 1. The highest BCUT2D eigenvalue weighted by Gasteiger charge is 2.19. The summed E-state index contributed by atoms with van der Waals surface area (Å²) in [6.45, 7) is 4.79. The number of carbonyl (C=O) groups excluding carboxylic acids is 2. The summed E-state index contributed by atoms with van der Waals surface area (Å²) >= 11 is 12.9. The van der Waals surface area contributed by atoms with E-state index >= 15 is 0 Å². The van der Waals surface area contributed by atoms with Gasteiger partial charge in [0.15, 0.2) is 5.78 Å². The number of hydrogen-bond donors (Lipinski definition) is 1. The molecule has 0 radical (unpaired) electrons. The zero-order valence-electron chi connectivity index (χ0n) is 10.8. The highest BCUT2D eigenvalue weighted by Crippen LogP contribution is 2.31. The van der Waals surface area contributed by atoms with Crippen LogP contribution in [0.4, 0.5) is 0 Å². The molecule has 1 aromatic heterocycles. The number of primary amides is 1. The minimum atomic E-state index is -0.456. The molecule has 0 saturated carbocycles. The second kappa shape index (κ2) is 7.24. The van der Waals surface area contributed by atoms with Crippen molar-refractivity contribution in [2.24, 2.45) is 11.7 Å². The Bertz CT molecular complexity index is 474. The summed E-state index contributed by atoms with van der Waals surface area (Å²) in [4.78, 5) is 24.8. The maximum absolute atomic E-state index is 12.1. The molecular formula is C12H16Cl2N2O2S. The van der Waals surface area contributed by atoms with Gasteiger partial charge in [0.1, 0.15) is 4.34 Å². The quantitative estimate of drug-likeness (QED) is 0.785. The van der Waals surface area contributed by atoms with Crippen molar-refractivity contribution in [1.29, 1.82) is 0 Å².